The molecule has 1 atom stereocenters. The van der Waals surface area contributed by atoms with Crippen LogP contribution < -0.4 is 5.32 Å². The normalized spacial score (nSPS) is 14.1. The minimum Gasteiger partial charge on any atom is -0.480 e. The third kappa shape index (κ3) is 2.87. The van der Waals surface area contributed by atoms with Gasteiger partial charge in [0.1, 0.15) is 5.54 Å². The van der Waals surface area contributed by atoms with Crippen molar-refractivity contribution in [1.29, 1.82) is 0 Å². The van der Waals surface area contributed by atoms with Gasteiger partial charge in [-0.1, -0.05) is 13.3 Å². The van der Waals surface area contributed by atoms with Crippen LogP contribution in [0.3, 0.4) is 0 Å². The molecular weight excluding hydrogens is 220 g/mol. The summed E-state index contributed by atoms with van der Waals surface area (Å²) in [6.07, 6.45) is 4.36. The molecule has 1 aromatic rings. The highest BCUT2D eigenvalue weighted by Gasteiger charge is 2.34. The Morgan fingerprint density at radius 1 is 1.47 bits per heavy atom. The number of carboxylic acid groups (broad SMARTS) is 1. The Morgan fingerprint density at radius 3 is 2.53 bits per heavy atom. The predicted octanol–water partition coefficient (Wildman–Crippen LogP) is 1.70. The number of aromatic nitrogens is 1. The van der Waals surface area contributed by atoms with Crippen LogP contribution in [0.4, 0.5) is 0 Å². The summed E-state index contributed by atoms with van der Waals surface area (Å²) in [5.41, 5.74) is 0.0653. The lowest BCUT2D eigenvalue weighted by Gasteiger charge is -2.25. The Morgan fingerprint density at radius 2 is 2.12 bits per heavy atom. The highest BCUT2D eigenvalue weighted by Crippen LogP contribution is 2.15. The molecular formula is C12H18N2O3. The molecule has 0 saturated heterocycles. The largest absolute Gasteiger partial charge is 0.480 e. The van der Waals surface area contributed by atoms with Crippen LogP contribution in [0.25, 0.3) is 0 Å². The third-order valence-electron chi connectivity index (χ3n) is 2.81. The second-order valence-electron chi connectivity index (χ2n) is 4.39. The van der Waals surface area contributed by atoms with Crippen molar-refractivity contribution in [1.82, 2.24) is 10.3 Å². The number of nitrogens with one attached hydrogen (secondary N) is 2. The van der Waals surface area contributed by atoms with Gasteiger partial charge in [-0.05, 0) is 25.8 Å². The van der Waals surface area contributed by atoms with Crippen molar-refractivity contribution < 1.29 is 14.7 Å². The average Bonchev–Trinajstić information content (AvgIpc) is 2.64. The SMILES string of the molecule is CCCC(C)(NC(=O)c1c[nH]cc1C)C(=O)O. The standard InChI is InChI=1S/C12H18N2O3/c1-4-5-12(3,11(16)17)14-10(15)9-7-13-6-8(9)2/h6-7,13H,4-5H2,1-3H3,(H,14,15)(H,16,17). The quantitative estimate of drug-likeness (QED) is 0.730. The topological polar surface area (TPSA) is 82.2 Å². The van der Waals surface area contributed by atoms with Gasteiger partial charge in [0.25, 0.3) is 5.91 Å². The monoisotopic (exact) mass is 238 g/mol. The van der Waals surface area contributed by atoms with Crippen molar-refractivity contribution >= 4 is 11.9 Å². The van der Waals surface area contributed by atoms with Gasteiger partial charge in [-0.25, -0.2) is 4.79 Å². The van der Waals surface area contributed by atoms with E-state index in [4.69, 9.17) is 5.11 Å². The molecule has 94 valence electrons. The number of aliphatic carboxylic acids is 1. The Kier molecular flexibility index (Phi) is 3.93. The summed E-state index contributed by atoms with van der Waals surface area (Å²) in [4.78, 5) is 25.9. The molecule has 0 aliphatic carbocycles. The molecule has 0 spiro atoms. The Hall–Kier alpha value is -1.78. The van der Waals surface area contributed by atoms with Gasteiger partial charge in [-0.3, -0.25) is 4.79 Å². The Bertz CT molecular complexity index is 425. The molecule has 0 saturated carbocycles. The summed E-state index contributed by atoms with van der Waals surface area (Å²) in [6.45, 7) is 5.21. The first-order valence-electron chi connectivity index (χ1n) is 5.60. The summed E-state index contributed by atoms with van der Waals surface area (Å²) in [6, 6.07) is 0. The van der Waals surface area contributed by atoms with Crippen LogP contribution in [-0.2, 0) is 4.79 Å². The van der Waals surface area contributed by atoms with Gasteiger partial charge in [0, 0.05) is 12.4 Å². The number of rotatable bonds is 5. The number of carbonyl (C=O) groups is 2. The number of hydrogen-bond acceptors (Lipinski definition) is 2. The van der Waals surface area contributed by atoms with Crippen LogP contribution in [0.5, 0.6) is 0 Å². The first-order chi connectivity index (χ1) is 7.90. The van der Waals surface area contributed by atoms with Gasteiger partial charge in [0.05, 0.1) is 5.56 Å². The number of H-pyrrole nitrogens is 1. The van der Waals surface area contributed by atoms with E-state index in [2.05, 4.69) is 10.3 Å². The smallest absolute Gasteiger partial charge is 0.329 e. The van der Waals surface area contributed by atoms with Crippen molar-refractivity contribution in [2.75, 3.05) is 0 Å². The zero-order valence-corrected chi connectivity index (χ0v) is 10.3. The van der Waals surface area contributed by atoms with E-state index in [9.17, 15) is 9.59 Å². The molecule has 1 heterocycles. The zero-order valence-electron chi connectivity index (χ0n) is 10.3. The summed E-state index contributed by atoms with van der Waals surface area (Å²) in [7, 11) is 0. The lowest BCUT2D eigenvalue weighted by Crippen LogP contribution is -2.52. The lowest BCUT2D eigenvalue weighted by atomic mass is 9.95. The zero-order chi connectivity index (χ0) is 13.1. The highest BCUT2D eigenvalue weighted by atomic mass is 16.4. The molecule has 1 amide bonds. The van der Waals surface area contributed by atoms with Gasteiger partial charge < -0.3 is 15.4 Å². The molecule has 3 N–H and O–H groups in total. The van der Waals surface area contributed by atoms with Crippen LogP contribution in [0.1, 0.15) is 42.6 Å². The van der Waals surface area contributed by atoms with Gasteiger partial charge >= 0.3 is 5.97 Å². The number of carboxylic acids is 1. The molecule has 1 unspecified atom stereocenters. The molecule has 0 aromatic carbocycles. The first-order valence-corrected chi connectivity index (χ1v) is 5.60. The fourth-order valence-corrected chi connectivity index (χ4v) is 1.73. The maximum atomic E-state index is 11.9. The number of carbonyl (C=O) groups excluding carboxylic acids is 1. The van der Waals surface area contributed by atoms with Crippen LogP contribution in [0.15, 0.2) is 12.4 Å². The molecule has 5 heteroatoms. The molecule has 0 aliphatic heterocycles. The van der Waals surface area contributed by atoms with Crippen LogP contribution in [0, 0.1) is 6.92 Å². The summed E-state index contributed by atoms with van der Waals surface area (Å²) in [5.74, 6) is -1.37. The molecule has 5 nitrogen and oxygen atoms in total. The summed E-state index contributed by atoms with van der Waals surface area (Å²) < 4.78 is 0. The minimum absolute atomic E-state index is 0.359. The number of aryl methyl sites for hydroxylation is 1. The van der Waals surface area contributed by atoms with E-state index in [0.717, 1.165) is 5.56 Å². The second-order valence-corrected chi connectivity index (χ2v) is 4.39. The molecule has 17 heavy (non-hydrogen) atoms. The van der Waals surface area contributed by atoms with E-state index in [1.165, 1.54) is 6.92 Å². The number of hydrogen-bond donors (Lipinski definition) is 3. The van der Waals surface area contributed by atoms with Crippen molar-refractivity contribution in [2.45, 2.75) is 39.2 Å². The average molecular weight is 238 g/mol. The molecule has 0 bridgehead atoms. The second kappa shape index (κ2) is 5.03. The van der Waals surface area contributed by atoms with Gasteiger partial charge in [0.2, 0.25) is 0 Å². The van der Waals surface area contributed by atoms with E-state index in [1.807, 2.05) is 6.92 Å². The fraction of sp³-hybridized carbons (Fsp3) is 0.500. The van der Waals surface area contributed by atoms with E-state index >= 15 is 0 Å². The minimum atomic E-state index is -1.21. The highest BCUT2D eigenvalue weighted by molar-refractivity contribution is 5.98. The van der Waals surface area contributed by atoms with Crippen molar-refractivity contribution in [3.05, 3.63) is 23.5 Å². The molecule has 0 fully saturated rings. The molecule has 1 rings (SSSR count). The number of amides is 1. The van der Waals surface area contributed by atoms with E-state index in [-0.39, 0.29) is 5.91 Å². The van der Waals surface area contributed by atoms with Gasteiger partial charge in [0.15, 0.2) is 0 Å². The van der Waals surface area contributed by atoms with Gasteiger partial charge in [-0.15, -0.1) is 0 Å². The van der Waals surface area contributed by atoms with E-state index in [1.54, 1.807) is 19.3 Å². The fourth-order valence-electron chi connectivity index (χ4n) is 1.73. The molecule has 1 aromatic heterocycles. The van der Waals surface area contributed by atoms with E-state index in [0.29, 0.717) is 18.4 Å². The van der Waals surface area contributed by atoms with Crippen molar-refractivity contribution in [3.63, 3.8) is 0 Å². The number of aromatic amines is 1. The van der Waals surface area contributed by atoms with Crippen molar-refractivity contribution in [3.8, 4) is 0 Å². The summed E-state index contributed by atoms with van der Waals surface area (Å²) in [5, 5.41) is 11.7. The van der Waals surface area contributed by atoms with Crippen molar-refractivity contribution in [2.24, 2.45) is 0 Å². The molecule has 0 radical (unpaired) electrons. The molecule has 0 aliphatic rings. The Balaban J connectivity index is 2.85. The maximum Gasteiger partial charge on any atom is 0.329 e. The van der Waals surface area contributed by atoms with Crippen LogP contribution >= 0.6 is 0 Å². The predicted molar refractivity (Wildman–Crippen MR) is 63.9 cm³/mol. The maximum absolute atomic E-state index is 11.9. The van der Waals surface area contributed by atoms with Gasteiger partial charge in [-0.2, -0.15) is 0 Å². The summed E-state index contributed by atoms with van der Waals surface area (Å²) >= 11 is 0. The van der Waals surface area contributed by atoms with Crippen LogP contribution in [0.2, 0.25) is 0 Å². The Labute approximate surface area is 100 Å². The lowest BCUT2D eigenvalue weighted by molar-refractivity contribution is -0.144. The van der Waals surface area contributed by atoms with Crippen LogP contribution in [-0.4, -0.2) is 27.5 Å². The first kappa shape index (κ1) is 13.3. The third-order valence-corrected chi connectivity index (χ3v) is 2.81. The van der Waals surface area contributed by atoms with E-state index < -0.39 is 11.5 Å².